The van der Waals surface area contributed by atoms with E-state index in [0.29, 0.717) is 12.3 Å². The molecule has 1 atom stereocenters. The van der Waals surface area contributed by atoms with Crippen molar-refractivity contribution in [2.45, 2.75) is 57.9 Å². The fraction of sp³-hybridized carbons (Fsp3) is 0.917. The number of rotatable bonds is 5. The summed E-state index contributed by atoms with van der Waals surface area (Å²) in [6.07, 6.45) is 8.45. The van der Waals surface area contributed by atoms with Crippen molar-refractivity contribution in [3.63, 3.8) is 0 Å². The molecule has 0 spiro atoms. The SMILES string of the molecule is CC(CCl)NC(=O)CCC1CCCCC1. The Bertz CT molecular complexity index is 190. The third-order valence-electron chi connectivity index (χ3n) is 3.14. The monoisotopic (exact) mass is 231 g/mol. The number of hydrogen-bond donors (Lipinski definition) is 1. The zero-order valence-electron chi connectivity index (χ0n) is 9.60. The van der Waals surface area contributed by atoms with Gasteiger partial charge >= 0.3 is 0 Å². The van der Waals surface area contributed by atoms with E-state index in [4.69, 9.17) is 11.6 Å². The van der Waals surface area contributed by atoms with Crippen LogP contribution < -0.4 is 5.32 Å². The Kier molecular flexibility index (Phi) is 6.07. The van der Waals surface area contributed by atoms with E-state index in [-0.39, 0.29) is 11.9 Å². The van der Waals surface area contributed by atoms with Crippen molar-refractivity contribution in [2.24, 2.45) is 5.92 Å². The van der Waals surface area contributed by atoms with Crippen LogP contribution in [0, 0.1) is 5.92 Å². The number of halogens is 1. The van der Waals surface area contributed by atoms with E-state index >= 15 is 0 Å². The normalized spacial score (nSPS) is 19.9. The van der Waals surface area contributed by atoms with Crippen molar-refractivity contribution < 1.29 is 4.79 Å². The summed E-state index contributed by atoms with van der Waals surface area (Å²) in [5.74, 6) is 1.44. The van der Waals surface area contributed by atoms with Crippen LogP contribution >= 0.6 is 11.6 Å². The third kappa shape index (κ3) is 5.41. The third-order valence-corrected chi connectivity index (χ3v) is 3.61. The van der Waals surface area contributed by atoms with Gasteiger partial charge in [0.05, 0.1) is 0 Å². The van der Waals surface area contributed by atoms with Gasteiger partial charge in [-0.3, -0.25) is 4.79 Å². The summed E-state index contributed by atoms with van der Waals surface area (Å²) in [4.78, 5) is 11.5. The van der Waals surface area contributed by atoms with Gasteiger partial charge in [0.2, 0.25) is 5.91 Å². The highest BCUT2D eigenvalue weighted by atomic mass is 35.5. The number of carbonyl (C=O) groups is 1. The highest BCUT2D eigenvalue weighted by molar-refractivity contribution is 6.18. The lowest BCUT2D eigenvalue weighted by atomic mass is 9.86. The molecule has 0 aromatic carbocycles. The van der Waals surface area contributed by atoms with Crippen LogP contribution in [0.1, 0.15) is 51.9 Å². The summed E-state index contributed by atoms with van der Waals surface area (Å²) in [5, 5.41) is 2.90. The molecule has 1 aliphatic rings. The predicted molar refractivity (Wildman–Crippen MR) is 64.1 cm³/mol. The Morgan fingerprint density at radius 2 is 2.07 bits per heavy atom. The number of carbonyl (C=O) groups excluding carboxylic acids is 1. The van der Waals surface area contributed by atoms with Crippen molar-refractivity contribution in [3.05, 3.63) is 0 Å². The van der Waals surface area contributed by atoms with Gasteiger partial charge in [-0.1, -0.05) is 32.1 Å². The summed E-state index contributed by atoms with van der Waals surface area (Å²) in [6.45, 7) is 1.94. The Balaban J connectivity index is 2.10. The lowest BCUT2D eigenvalue weighted by molar-refractivity contribution is -0.121. The molecule has 3 heteroatoms. The van der Waals surface area contributed by atoms with E-state index in [1.54, 1.807) is 0 Å². The quantitative estimate of drug-likeness (QED) is 0.724. The molecule has 0 aromatic heterocycles. The first-order valence-corrected chi connectivity index (χ1v) is 6.61. The van der Waals surface area contributed by atoms with Gasteiger partial charge in [0.25, 0.3) is 0 Å². The Hall–Kier alpha value is -0.240. The molecule has 1 aliphatic carbocycles. The van der Waals surface area contributed by atoms with Crippen molar-refractivity contribution >= 4 is 17.5 Å². The Labute approximate surface area is 97.8 Å². The smallest absolute Gasteiger partial charge is 0.220 e. The summed E-state index contributed by atoms with van der Waals surface area (Å²) in [6, 6.07) is 0.102. The largest absolute Gasteiger partial charge is 0.352 e. The van der Waals surface area contributed by atoms with E-state index in [9.17, 15) is 4.79 Å². The van der Waals surface area contributed by atoms with E-state index in [1.165, 1.54) is 32.1 Å². The van der Waals surface area contributed by atoms with Crippen LogP contribution in [0.25, 0.3) is 0 Å². The maximum atomic E-state index is 11.5. The second-order valence-corrected chi connectivity index (χ2v) is 4.97. The highest BCUT2D eigenvalue weighted by Gasteiger charge is 2.15. The summed E-state index contributed by atoms with van der Waals surface area (Å²) in [5.41, 5.74) is 0. The molecule has 1 fully saturated rings. The van der Waals surface area contributed by atoms with E-state index in [1.807, 2.05) is 6.92 Å². The molecule has 88 valence electrons. The molecule has 1 rings (SSSR count). The molecule has 0 saturated heterocycles. The number of amides is 1. The molecule has 1 unspecified atom stereocenters. The molecule has 2 nitrogen and oxygen atoms in total. The lowest BCUT2D eigenvalue weighted by Gasteiger charge is -2.21. The first-order chi connectivity index (χ1) is 7.22. The second kappa shape index (κ2) is 7.10. The molecule has 1 saturated carbocycles. The van der Waals surface area contributed by atoms with Crippen molar-refractivity contribution in [1.82, 2.24) is 5.32 Å². The zero-order valence-corrected chi connectivity index (χ0v) is 10.4. The van der Waals surface area contributed by atoms with Gasteiger partial charge in [0, 0.05) is 18.3 Å². The van der Waals surface area contributed by atoms with Crippen LogP contribution in [-0.2, 0) is 4.79 Å². The van der Waals surface area contributed by atoms with Crippen LogP contribution in [0.15, 0.2) is 0 Å². The molecular formula is C12H22ClNO. The van der Waals surface area contributed by atoms with Crippen LogP contribution in [-0.4, -0.2) is 17.8 Å². The minimum atomic E-state index is 0.102. The molecule has 1 N–H and O–H groups in total. The first-order valence-electron chi connectivity index (χ1n) is 6.07. The van der Waals surface area contributed by atoms with Crippen molar-refractivity contribution in [1.29, 1.82) is 0 Å². The standard InChI is InChI=1S/C12H22ClNO/c1-10(9-13)14-12(15)8-7-11-5-3-2-4-6-11/h10-11H,2-9H2,1H3,(H,14,15). The van der Waals surface area contributed by atoms with Gasteiger partial charge in [-0.15, -0.1) is 11.6 Å². The zero-order chi connectivity index (χ0) is 11.1. The fourth-order valence-corrected chi connectivity index (χ4v) is 2.27. The minimum absolute atomic E-state index is 0.102. The molecule has 0 radical (unpaired) electrons. The Morgan fingerprint density at radius 3 is 2.67 bits per heavy atom. The van der Waals surface area contributed by atoms with Gasteiger partial charge in [-0.05, 0) is 19.3 Å². The van der Waals surface area contributed by atoms with Gasteiger partial charge in [0.15, 0.2) is 0 Å². The second-order valence-electron chi connectivity index (χ2n) is 4.67. The maximum Gasteiger partial charge on any atom is 0.220 e. The summed E-state index contributed by atoms with van der Waals surface area (Å²) in [7, 11) is 0. The molecule has 15 heavy (non-hydrogen) atoms. The molecule has 0 aromatic rings. The van der Waals surface area contributed by atoms with Crippen LogP contribution in [0.3, 0.4) is 0 Å². The average Bonchev–Trinajstić information content (AvgIpc) is 2.27. The molecule has 0 bridgehead atoms. The van der Waals surface area contributed by atoms with Gasteiger partial charge in [-0.25, -0.2) is 0 Å². The van der Waals surface area contributed by atoms with Crippen LogP contribution in [0.2, 0.25) is 0 Å². The van der Waals surface area contributed by atoms with Crippen LogP contribution in [0.5, 0.6) is 0 Å². The molecular weight excluding hydrogens is 210 g/mol. The van der Waals surface area contributed by atoms with Gasteiger partial charge < -0.3 is 5.32 Å². The maximum absolute atomic E-state index is 11.5. The molecule has 0 heterocycles. The molecule has 0 aliphatic heterocycles. The van der Waals surface area contributed by atoms with E-state index in [2.05, 4.69) is 5.32 Å². The van der Waals surface area contributed by atoms with Crippen molar-refractivity contribution in [2.75, 3.05) is 5.88 Å². The summed E-state index contributed by atoms with van der Waals surface area (Å²) >= 11 is 5.63. The predicted octanol–water partition coefficient (Wildman–Crippen LogP) is 3.09. The fourth-order valence-electron chi connectivity index (χ4n) is 2.20. The number of hydrogen-bond acceptors (Lipinski definition) is 1. The van der Waals surface area contributed by atoms with Gasteiger partial charge in [-0.2, -0.15) is 0 Å². The molecule has 1 amide bonds. The highest BCUT2D eigenvalue weighted by Crippen LogP contribution is 2.27. The van der Waals surface area contributed by atoms with Crippen LogP contribution in [0.4, 0.5) is 0 Å². The first kappa shape index (κ1) is 12.8. The van der Waals surface area contributed by atoms with Gasteiger partial charge in [0.1, 0.15) is 0 Å². The van der Waals surface area contributed by atoms with E-state index in [0.717, 1.165) is 12.3 Å². The topological polar surface area (TPSA) is 29.1 Å². The van der Waals surface area contributed by atoms with E-state index < -0.39 is 0 Å². The number of alkyl halides is 1. The Morgan fingerprint density at radius 1 is 1.40 bits per heavy atom. The minimum Gasteiger partial charge on any atom is -0.352 e. The number of nitrogens with one attached hydrogen (secondary N) is 1. The lowest BCUT2D eigenvalue weighted by Crippen LogP contribution is -2.33. The van der Waals surface area contributed by atoms with Crippen molar-refractivity contribution in [3.8, 4) is 0 Å². The average molecular weight is 232 g/mol. The summed E-state index contributed by atoms with van der Waals surface area (Å²) < 4.78 is 0.